The fourth-order valence-corrected chi connectivity index (χ4v) is 4.77. The van der Waals surface area contributed by atoms with Gasteiger partial charge in [-0.15, -0.1) is 0 Å². The van der Waals surface area contributed by atoms with Crippen LogP contribution in [0.3, 0.4) is 0 Å². The molecule has 0 N–H and O–H groups in total. The molecule has 0 saturated carbocycles. The van der Waals surface area contributed by atoms with Gasteiger partial charge in [-0.2, -0.15) is 0 Å². The Bertz CT molecular complexity index is 391. The van der Waals surface area contributed by atoms with Crippen molar-refractivity contribution in [3.63, 3.8) is 0 Å². The van der Waals surface area contributed by atoms with Crippen molar-refractivity contribution in [2.75, 3.05) is 0 Å². The molecule has 30 heavy (non-hydrogen) atoms. The highest BCUT2D eigenvalue weighted by atomic mass is 14.2. The maximum absolute atomic E-state index is 2.49. The lowest BCUT2D eigenvalue weighted by Crippen LogP contribution is -2.02. The molecule has 180 valence electrons. The van der Waals surface area contributed by atoms with Crippen LogP contribution in [0.5, 0.6) is 0 Å². The number of allylic oxidation sites excluding steroid dienone is 2. The van der Waals surface area contributed by atoms with Crippen molar-refractivity contribution in [3.8, 4) is 0 Å². The zero-order chi connectivity index (χ0) is 22.8. The molecule has 0 heteroatoms. The van der Waals surface area contributed by atoms with Gasteiger partial charge >= 0.3 is 0 Å². The van der Waals surface area contributed by atoms with Crippen LogP contribution in [0.4, 0.5) is 0 Å². The van der Waals surface area contributed by atoms with Crippen molar-refractivity contribution in [3.05, 3.63) is 11.6 Å². The SMILES string of the molecule is C/C=C(\C)CCCC(C)CCCC(C)CCCC(C)CCCC(C)CCCC(C)C. The third-order valence-electron chi connectivity index (χ3n) is 7.42. The van der Waals surface area contributed by atoms with Gasteiger partial charge in [0.1, 0.15) is 0 Å². The van der Waals surface area contributed by atoms with Crippen molar-refractivity contribution < 1.29 is 0 Å². The van der Waals surface area contributed by atoms with Crippen LogP contribution in [0, 0.1) is 29.6 Å². The Balaban J connectivity index is 3.60. The van der Waals surface area contributed by atoms with E-state index in [0.29, 0.717) is 0 Å². The summed E-state index contributed by atoms with van der Waals surface area (Å²) in [5, 5.41) is 0. The first-order valence-electron chi connectivity index (χ1n) is 13.9. The van der Waals surface area contributed by atoms with Gasteiger partial charge in [0.15, 0.2) is 0 Å². The fraction of sp³-hybridized carbons (Fsp3) is 0.933. The first-order valence-corrected chi connectivity index (χ1v) is 13.9. The molecule has 0 rings (SSSR count). The normalized spacial score (nSPS) is 16.6. The molecule has 0 aliphatic heterocycles. The highest BCUT2D eigenvalue weighted by Crippen LogP contribution is 2.24. The molecule has 4 atom stereocenters. The molecule has 0 amide bonds. The predicted molar refractivity (Wildman–Crippen MR) is 140 cm³/mol. The molecule has 4 unspecified atom stereocenters. The Morgan fingerprint density at radius 1 is 0.500 bits per heavy atom. The molecule has 0 aliphatic carbocycles. The average Bonchev–Trinajstić information content (AvgIpc) is 2.67. The minimum atomic E-state index is 0.876. The smallest absolute Gasteiger partial charge is 0.0323 e. The zero-order valence-corrected chi connectivity index (χ0v) is 22.6. The lowest BCUT2D eigenvalue weighted by Gasteiger charge is -2.17. The molecule has 0 aliphatic rings. The van der Waals surface area contributed by atoms with Crippen LogP contribution in [-0.4, -0.2) is 0 Å². The maximum Gasteiger partial charge on any atom is -0.0323 e. The van der Waals surface area contributed by atoms with Crippen molar-refractivity contribution in [2.24, 2.45) is 29.6 Å². The van der Waals surface area contributed by atoms with Gasteiger partial charge in [-0.1, -0.05) is 137 Å². The first kappa shape index (κ1) is 29.7. The van der Waals surface area contributed by atoms with Crippen LogP contribution < -0.4 is 0 Å². The topological polar surface area (TPSA) is 0 Å². The van der Waals surface area contributed by atoms with E-state index in [1.165, 1.54) is 96.3 Å². The van der Waals surface area contributed by atoms with Gasteiger partial charge in [0.05, 0.1) is 0 Å². The third kappa shape index (κ3) is 19.7. The number of hydrogen-bond donors (Lipinski definition) is 0. The second-order valence-corrected chi connectivity index (χ2v) is 11.6. The van der Waals surface area contributed by atoms with Crippen molar-refractivity contribution >= 4 is 0 Å². The molecular formula is C30H60. The molecule has 0 fully saturated rings. The van der Waals surface area contributed by atoms with Crippen LogP contribution in [0.15, 0.2) is 11.6 Å². The van der Waals surface area contributed by atoms with E-state index in [2.05, 4.69) is 61.5 Å². The molecule has 0 saturated heterocycles. The van der Waals surface area contributed by atoms with E-state index in [4.69, 9.17) is 0 Å². The standard InChI is InChI=1S/C30H60/c1-9-26(4)16-11-18-28(6)20-13-22-30(8)24-14-23-29(7)21-12-19-27(5)17-10-15-25(2)3/h9,25,27-30H,10-24H2,1-8H3/b26-9+. The summed E-state index contributed by atoms with van der Waals surface area (Å²) in [5.74, 6) is 4.58. The van der Waals surface area contributed by atoms with Gasteiger partial charge in [-0.25, -0.2) is 0 Å². The quantitative estimate of drug-likeness (QED) is 0.172. The van der Waals surface area contributed by atoms with E-state index in [1.54, 1.807) is 5.57 Å². The van der Waals surface area contributed by atoms with Crippen molar-refractivity contribution in [1.82, 2.24) is 0 Å². The molecule has 0 aromatic carbocycles. The molecule has 0 aromatic rings. The van der Waals surface area contributed by atoms with Crippen LogP contribution in [0.1, 0.15) is 152 Å². The van der Waals surface area contributed by atoms with Gasteiger partial charge in [0, 0.05) is 0 Å². The van der Waals surface area contributed by atoms with E-state index in [-0.39, 0.29) is 0 Å². The molecule has 0 aromatic heterocycles. The second-order valence-electron chi connectivity index (χ2n) is 11.6. The molecule has 0 radical (unpaired) electrons. The third-order valence-corrected chi connectivity index (χ3v) is 7.42. The summed E-state index contributed by atoms with van der Waals surface area (Å²) in [6.07, 6.45) is 23.7. The molecule has 0 bridgehead atoms. The van der Waals surface area contributed by atoms with E-state index >= 15 is 0 Å². The van der Waals surface area contributed by atoms with Crippen LogP contribution in [-0.2, 0) is 0 Å². The lowest BCUT2D eigenvalue weighted by atomic mass is 9.89. The summed E-state index contributed by atoms with van der Waals surface area (Å²) < 4.78 is 0. The maximum atomic E-state index is 2.49. The number of rotatable bonds is 20. The second kappa shape index (κ2) is 19.4. The van der Waals surface area contributed by atoms with E-state index < -0.39 is 0 Å². The van der Waals surface area contributed by atoms with Crippen molar-refractivity contribution in [1.29, 1.82) is 0 Å². The molecule has 0 spiro atoms. The van der Waals surface area contributed by atoms with E-state index in [1.807, 2.05) is 0 Å². The monoisotopic (exact) mass is 420 g/mol. The molecular weight excluding hydrogens is 360 g/mol. The summed E-state index contributed by atoms with van der Waals surface area (Å²) in [6.45, 7) is 19.0. The highest BCUT2D eigenvalue weighted by Gasteiger charge is 2.09. The summed E-state index contributed by atoms with van der Waals surface area (Å²) in [5.41, 5.74) is 1.56. The summed E-state index contributed by atoms with van der Waals surface area (Å²) in [6, 6.07) is 0. The largest absolute Gasteiger partial charge is 0.0887 e. The Kier molecular flexibility index (Phi) is 19.3. The first-order chi connectivity index (χ1) is 14.2. The van der Waals surface area contributed by atoms with Gasteiger partial charge in [0.2, 0.25) is 0 Å². The van der Waals surface area contributed by atoms with Crippen LogP contribution >= 0.6 is 0 Å². The number of hydrogen-bond acceptors (Lipinski definition) is 0. The minimum absolute atomic E-state index is 0.876. The van der Waals surface area contributed by atoms with Gasteiger partial charge in [0.25, 0.3) is 0 Å². The average molecular weight is 421 g/mol. The minimum Gasteiger partial charge on any atom is -0.0887 e. The highest BCUT2D eigenvalue weighted by molar-refractivity contribution is 4.94. The Morgan fingerprint density at radius 2 is 0.800 bits per heavy atom. The van der Waals surface area contributed by atoms with Gasteiger partial charge < -0.3 is 0 Å². The Labute approximate surface area is 193 Å². The Morgan fingerprint density at radius 3 is 1.10 bits per heavy atom. The van der Waals surface area contributed by atoms with Gasteiger partial charge in [-0.05, 0) is 56.3 Å². The summed E-state index contributed by atoms with van der Waals surface area (Å²) >= 11 is 0. The van der Waals surface area contributed by atoms with Crippen molar-refractivity contribution in [2.45, 2.75) is 152 Å². The molecule has 0 heterocycles. The van der Waals surface area contributed by atoms with Crippen LogP contribution in [0.2, 0.25) is 0 Å². The zero-order valence-electron chi connectivity index (χ0n) is 22.6. The van der Waals surface area contributed by atoms with E-state index in [0.717, 1.165) is 29.6 Å². The van der Waals surface area contributed by atoms with Gasteiger partial charge in [-0.3, -0.25) is 0 Å². The summed E-state index contributed by atoms with van der Waals surface area (Å²) in [7, 11) is 0. The van der Waals surface area contributed by atoms with E-state index in [9.17, 15) is 0 Å². The van der Waals surface area contributed by atoms with Crippen LogP contribution in [0.25, 0.3) is 0 Å². The summed E-state index contributed by atoms with van der Waals surface area (Å²) in [4.78, 5) is 0. The Hall–Kier alpha value is -0.260. The molecule has 0 nitrogen and oxygen atoms in total. The lowest BCUT2D eigenvalue weighted by molar-refractivity contribution is 0.364. The fourth-order valence-electron chi connectivity index (χ4n) is 4.77. The predicted octanol–water partition coefficient (Wildman–Crippen LogP) is 11.0.